The zero-order valence-electron chi connectivity index (χ0n) is 12.0. The Balaban J connectivity index is 0.00000147. The standard InChI is InChI=1S/C15H20N4.ClH/c1-11(2)14-12-5-3-4-6-13(12)17-15(18-14)19-9-7-16-8-10-19;/h3-6,11,16H,7-10H2,1-2H3;1H. The monoisotopic (exact) mass is 292 g/mol. The maximum atomic E-state index is 4.81. The topological polar surface area (TPSA) is 41.1 Å². The van der Waals surface area contributed by atoms with Crippen LogP contribution in [-0.2, 0) is 0 Å². The van der Waals surface area contributed by atoms with E-state index in [1.54, 1.807) is 0 Å². The number of rotatable bonds is 2. The van der Waals surface area contributed by atoms with Gasteiger partial charge in [-0.25, -0.2) is 9.97 Å². The number of nitrogens with zero attached hydrogens (tertiary/aromatic N) is 3. The molecule has 5 heteroatoms. The van der Waals surface area contributed by atoms with Crippen molar-refractivity contribution in [3.8, 4) is 0 Å². The average molecular weight is 293 g/mol. The van der Waals surface area contributed by atoms with Gasteiger partial charge in [0.2, 0.25) is 5.95 Å². The normalized spacial score (nSPS) is 15.4. The van der Waals surface area contributed by atoms with Gasteiger partial charge in [-0.05, 0) is 12.0 Å². The highest BCUT2D eigenvalue weighted by molar-refractivity contribution is 5.85. The third kappa shape index (κ3) is 2.86. The number of para-hydroxylation sites is 1. The predicted molar refractivity (Wildman–Crippen MR) is 86.0 cm³/mol. The third-order valence-electron chi connectivity index (χ3n) is 3.57. The summed E-state index contributed by atoms with van der Waals surface area (Å²) in [5.41, 5.74) is 2.20. The Kier molecular flexibility index (Phi) is 4.78. The van der Waals surface area contributed by atoms with Gasteiger partial charge in [0.05, 0.1) is 11.2 Å². The van der Waals surface area contributed by atoms with Crippen LogP contribution in [0.3, 0.4) is 0 Å². The molecule has 1 aromatic carbocycles. The van der Waals surface area contributed by atoms with E-state index in [1.165, 1.54) is 5.39 Å². The third-order valence-corrected chi connectivity index (χ3v) is 3.57. The molecule has 0 aliphatic carbocycles. The van der Waals surface area contributed by atoms with Crippen LogP contribution in [0.2, 0.25) is 0 Å². The highest BCUT2D eigenvalue weighted by atomic mass is 35.5. The van der Waals surface area contributed by atoms with Gasteiger partial charge in [0.15, 0.2) is 0 Å². The molecule has 4 nitrogen and oxygen atoms in total. The van der Waals surface area contributed by atoms with Gasteiger partial charge in [0.25, 0.3) is 0 Å². The molecule has 1 N–H and O–H groups in total. The van der Waals surface area contributed by atoms with Gasteiger partial charge in [0.1, 0.15) is 0 Å². The van der Waals surface area contributed by atoms with Crippen molar-refractivity contribution in [2.75, 3.05) is 31.1 Å². The van der Waals surface area contributed by atoms with Crippen molar-refractivity contribution in [2.24, 2.45) is 0 Å². The Bertz CT molecular complexity index is 579. The molecule has 1 aromatic heterocycles. The first kappa shape index (κ1) is 15.0. The number of fused-ring (bicyclic) bond motifs is 1. The number of anilines is 1. The van der Waals surface area contributed by atoms with E-state index in [2.05, 4.69) is 42.3 Å². The van der Waals surface area contributed by atoms with E-state index in [1.807, 2.05) is 6.07 Å². The van der Waals surface area contributed by atoms with E-state index in [4.69, 9.17) is 9.97 Å². The smallest absolute Gasteiger partial charge is 0.226 e. The van der Waals surface area contributed by atoms with Crippen molar-refractivity contribution in [1.29, 1.82) is 0 Å². The summed E-state index contributed by atoms with van der Waals surface area (Å²) in [7, 11) is 0. The molecule has 108 valence electrons. The average Bonchev–Trinajstić information content (AvgIpc) is 2.47. The van der Waals surface area contributed by atoms with E-state index in [0.717, 1.165) is 43.3 Å². The van der Waals surface area contributed by atoms with Crippen LogP contribution in [0, 0.1) is 0 Å². The molecule has 0 unspecified atom stereocenters. The lowest BCUT2D eigenvalue weighted by Gasteiger charge is -2.28. The van der Waals surface area contributed by atoms with Crippen molar-refractivity contribution < 1.29 is 0 Å². The molecule has 0 amide bonds. The molecule has 0 atom stereocenters. The van der Waals surface area contributed by atoms with E-state index < -0.39 is 0 Å². The first-order chi connectivity index (χ1) is 9.25. The van der Waals surface area contributed by atoms with Gasteiger partial charge < -0.3 is 10.2 Å². The lowest BCUT2D eigenvalue weighted by atomic mass is 10.0. The number of piperazine rings is 1. The van der Waals surface area contributed by atoms with Crippen LogP contribution in [0.15, 0.2) is 24.3 Å². The molecule has 20 heavy (non-hydrogen) atoms. The van der Waals surface area contributed by atoms with Crippen molar-refractivity contribution in [1.82, 2.24) is 15.3 Å². The molecule has 1 aliphatic heterocycles. The number of hydrogen-bond donors (Lipinski definition) is 1. The molecule has 0 radical (unpaired) electrons. The molecule has 1 aliphatic rings. The molecule has 1 fully saturated rings. The zero-order valence-corrected chi connectivity index (χ0v) is 12.8. The minimum atomic E-state index is 0. The van der Waals surface area contributed by atoms with Crippen molar-refractivity contribution in [3.63, 3.8) is 0 Å². The lowest BCUT2D eigenvalue weighted by Crippen LogP contribution is -2.44. The summed E-state index contributed by atoms with van der Waals surface area (Å²) in [6.45, 7) is 8.36. The van der Waals surface area contributed by atoms with Crippen LogP contribution in [0.4, 0.5) is 5.95 Å². The van der Waals surface area contributed by atoms with E-state index in [-0.39, 0.29) is 12.4 Å². The molecular weight excluding hydrogens is 272 g/mol. The number of nitrogens with one attached hydrogen (secondary N) is 1. The summed E-state index contributed by atoms with van der Waals surface area (Å²) in [4.78, 5) is 11.8. The zero-order chi connectivity index (χ0) is 13.2. The number of hydrogen-bond acceptors (Lipinski definition) is 4. The quantitative estimate of drug-likeness (QED) is 0.924. The van der Waals surface area contributed by atoms with Gasteiger partial charge in [-0.15, -0.1) is 12.4 Å². The summed E-state index contributed by atoms with van der Waals surface area (Å²) in [6, 6.07) is 8.30. The first-order valence-corrected chi connectivity index (χ1v) is 6.98. The second-order valence-electron chi connectivity index (χ2n) is 5.32. The van der Waals surface area contributed by atoms with Crippen molar-refractivity contribution in [3.05, 3.63) is 30.0 Å². The van der Waals surface area contributed by atoms with Gasteiger partial charge in [-0.3, -0.25) is 0 Å². The highest BCUT2D eigenvalue weighted by Crippen LogP contribution is 2.25. The summed E-state index contributed by atoms with van der Waals surface area (Å²) >= 11 is 0. The van der Waals surface area contributed by atoms with Gasteiger partial charge in [0, 0.05) is 31.6 Å². The highest BCUT2D eigenvalue weighted by Gasteiger charge is 2.16. The van der Waals surface area contributed by atoms with Gasteiger partial charge in [-0.2, -0.15) is 0 Å². The molecule has 3 rings (SSSR count). The largest absolute Gasteiger partial charge is 0.338 e. The number of aromatic nitrogens is 2. The molecule has 0 bridgehead atoms. The van der Waals surface area contributed by atoms with Crippen LogP contribution < -0.4 is 10.2 Å². The molecule has 1 saturated heterocycles. The molecule has 2 heterocycles. The Morgan fingerprint density at radius 3 is 2.50 bits per heavy atom. The summed E-state index contributed by atoms with van der Waals surface area (Å²) in [6.07, 6.45) is 0. The minimum absolute atomic E-state index is 0. The van der Waals surface area contributed by atoms with Crippen LogP contribution >= 0.6 is 12.4 Å². The van der Waals surface area contributed by atoms with Crippen molar-refractivity contribution >= 4 is 29.3 Å². The molecule has 0 spiro atoms. The Labute approximate surface area is 126 Å². The van der Waals surface area contributed by atoms with E-state index >= 15 is 0 Å². The Morgan fingerprint density at radius 2 is 1.80 bits per heavy atom. The van der Waals surface area contributed by atoms with E-state index in [0.29, 0.717) is 5.92 Å². The fraction of sp³-hybridized carbons (Fsp3) is 0.467. The van der Waals surface area contributed by atoms with Crippen LogP contribution in [0.25, 0.3) is 10.9 Å². The lowest BCUT2D eigenvalue weighted by molar-refractivity contribution is 0.579. The summed E-state index contributed by atoms with van der Waals surface area (Å²) in [5.74, 6) is 1.29. The number of halogens is 1. The fourth-order valence-corrected chi connectivity index (χ4v) is 2.53. The predicted octanol–water partition coefficient (Wildman–Crippen LogP) is 2.58. The minimum Gasteiger partial charge on any atom is -0.338 e. The Hall–Kier alpha value is -1.39. The van der Waals surface area contributed by atoms with Gasteiger partial charge in [-0.1, -0.05) is 32.0 Å². The first-order valence-electron chi connectivity index (χ1n) is 6.98. The maximum absolute atomic E-state index is 4.81. The van der Waals surface area contributed by atoms with Crippen LogP contribution in [0.5, 0.6) is 0 Å². The second kappa shape index (κ2) is 6.37. The summed E-state index contributed by atoms with van der Waals surface area (Å²) in [5, 5.41) is 4.54. The maximum Gasteiger partial charge on any atom is 0.226 e. The SMILES string of the molecule is CC(C)c1nc(N2CCNCC2)nc2ccccc12.Cl. The summed E-state index contributed by atoms with van der Waals surface area (Å²) < 4.78 is 0. The van der Waals surface area contributed by atoms with Crippen LogP contribution in [0.1, 0.15) is 25.5 Å². The fourth-order valence-electron chi connectivity index (χ4n) is 2.53. The van der Waals surface area contributed by atoms with E-state index in [9.17, 15) is 0 Å². The second-order valence-corrected chi connectivity index (χ2v) is 5.32. The van der Waals surface area contributed by atoms with Gasteiger partial charge >= 0.3 is 0 Å². The molecular formula is C15H21ClN4. The van der Waals surface area contributed by atoms with Crippen molar-refractivity contribution in [2.45, 2.75) is 19.8 Å². The number of benzene rings is 1. The Morgan fingerprint density at radius 1 is 1.10 bits per heavy atom. The van der Waals surface area contributed by atoms with Crippen LogP contribution in [-0.4, -0.2) is 36.1 Å². The molecule has 0 saturated carbocycles. The molecule has 2 aromatic rings.